The highest BCUT2D eigenvalue weighted by molar-refractivity contribution is 7.91. The molecule has 1 heterocycles. The van der Waals surface area contributed by atoms with Gasteiger partial charge >= 0.3 is 11.4 Å². The monoisotopic (exact) mass is 320 g/mol. The zero-order valence-corrected chi connectivity index (χ0v) is 12.5. The Morgan fingerprint density at radius 2 is 1.22 bits per heavy atom. The first-order valence-electron chi connectivity index (χ1n) is 5.36. The minimum Gasteiger partial charge on any atom is -0.261 e. The Kier molecular flexibility index (Phi) is 5.30. The van der Waals surface area contributed by atoms with Gasteiger partial charge in [-0.25, -0.2) is 16.8 Å². The largest absolute Gasteiger partial charge is 0.305 e. The molecule has 2 atom stereocenters. The summed E-state index contributed by atoms with van der Waals surface area (Å²) in [5, 5.41) is 0. The summed E-state index contributed by atoms with van der Waals surface area (Å²) in [5.74, 6) is -0.961. The molecule has 1 saturated heterocycles. The fourth-order valence-corrected chi connectivity index (χ4v) is 4.40. The molecule has 1 aliphatic rings. The molecule has 1 fully saturated rings. The van der Waals surface area contributed by atoms with Crippen molar-refractivity contribution in [3.8, 4) is 0 Å². The SMILES string of the molecule is CCS(=O)(=O)CC1OS(=O)OC1CS(=O)(=O)CC. The number of sulfone groups is 2. The Morgan fingerprint density at radius 3 is 1.50 bits per heavy atom. The van der Waals surface area contributed by atoms with E-state index in [9.17, 15) is 21.0 Å². The van der Waals surface area contributed by atoms with Crippen LogP contribution in [0.15, 0.2) is 0 Å². The van der Waals surface area contributed by atoms with E-state index in [0.717, 1.165) is 0 Å². The van der Waals surface area contributed by atoms with Crippen molar-refractivity contribution in [2.24, 2.45) is 0 Å². The van der Waals surface area contributed by atoms with Crippen LogP contribution in [0.3, 0.4) is 0 Å². The van der Waals surface area contributed by atoms with Crippen molar-refractivity contribution in [2.45, 2.75) is 26.1 Å². The molecule has 0 aromatic heterocycles. The van der Waals surface area contributed by atoms with E-state index in [4.69, 9.17) is 8.37 Å². The Labute approximate surface area is 110 Å². The topological polar surface area (TPSA) is 104 Å². The van der Waals surface area contributed by atoms with Crippen molar-refractivity contribution in [3.63, 3.8) is 0 Å². The Bertz CT molecular complexity index is 461. The van der Waals surface area contributed by atoms with Crippen molar-refractivity contribution in [1.82, 2.24) is 0 Å². The predicted octanol–water partition coefficient (Wildman–Crippen LogP) is -0.781. The molecule has 0 aromatic rings. The molecule has 10 heteroatoms. The third-order valence-corrected chi connectivity index (χ3v) is 6.78. The molecule has 7 nitrogen and oxygen atoms in total. The first-order chi connectivity index (χ1) is 8.19. The van der Waals surface area contributed by atoms with Crippen LogP contribution >= 0.6 is 0 Å². The molecule has 0 bridgehead atoms. The normalized spacial score (nSPS) is 29.6. The summed E-state index contributed by atoms with van der Waals surface area (Å²) in [6.07, 6.45) is -2.01. The lowest BCUT2D eigenvalue weighted by molar-refractivity contribution is 0.191. The van der Waals surface area contributed by atoms with E-state index in [0.29, 0.717) is 0 Å². The van der Waals surface area contributed by atoms with Crippen LogP contribution in [0.1, 0.15) is 13.8 Å². The number of hydrogen-bond donors (Lipinski definition) is 0. The van der Waals surface area contributed by atoms with Gasteiger partial charge in [-0.15, -0.1) is 0 Å². The summed E-state index contributed by atoms with van der Waals surface area (Å²) in [6, 6.07) is 0. The summed E-state index contributed by atoms with van der Waals surface area (Å²) < 4.78 is 66.5. The minimum atomic E-state index is -3.36. The van der Waals surface area contributed by atoms with Crippen LogP contribution in [0.4, 0.5) is 0 Å². The molecule has 1 aliphatic heterocycles. The highest BCUT2D eigenvalue weighted by Crippen LogP contribution is 2.21. The first-order valence-corrected chi connectivity index (χ1v) is 10.00. The maximum atomic E-state index is 11.5. The van der Waals surface area contributed by atoms with Crippen LogP contribution in [0.25, 0.3) is 0 Å². The van der Waals surface area contributed by atoms with E-state index in [1.54, 1.807) is 0 Å². The summed E-state index contributed by atoms with van der Waals surface area (Å²) in [7, 11) is -6.71. The lowest BCUT2D eigenvalue weighted by atomic mass is 10.3. The summed E-state index contributed by atoms with van der Waals surface area (Å²) in [6.45, 7) is 2.94. The van der Waals surface area contributed by atoms with Crippen LogP contribution < -0.4 is 0 Å². The third-order valence-electron chi connectivity index (χ3n) is 2.54. The van der Waals surface area contributed by atoms with E-state index in [2.05, 4.69) is 0 Å². The summed E-state index contributed by atoms with van der Waals surface area (Å²) in [5.41, 5.74) is 0. The molecule has 108 valence electrons. The van der Waals surface area contributed by atoms with E-state index in [-0.39, 0.29) is 23.0 Å². The van der Waals surface area contributed by atoms with Crippen molar-refractivity contribution >= 4 is 31.0 Å². The highest BCUT2D eigenvalue weighted by atomic mass is 32.2. The summed E-state index contributed by atoms with van der Waals surface area (Å²) in [4.78, 5) is 0. The lowest BCUT2D eigenvalue weighted by Crippen LogP contribution is -2.36. The molecular weight excluding hydrogens is 304 g/mol. The predicted molar refractivity (Wildman–Crippen MR) is 66.5 cm³/mol. The summed E-state index contributed by atoms with van der Waals surface area (Å²) >= 11 is -2.09. The fraction of sp³-hybridized carbons (Fsp3) is 1.00. The van der Waals surface area contributed by atoms with Crippen LogP contribution in [0.5, 0.6) is 0 Å². The van der Waals surface area contributed by atoms with Gasteiger partial charge in [0.1, 0.15) is 12.2 Å². The first kappa shape index (κ1) is 16.0. The third kappa shape index (κ3) is 4.57. The second-order valence-corrected chi connectivity index (χ2v) is 9.46. The average Bonchev–Trinajstić information content (AvgIpc) is 2.57. The fourth-order valence-electron chi connectivity index (χ4n) is 1.35. The molecule has 0 aliphatic carbocycles. The van der Waals surface area contributed by atoms with Crippen LogP contribution in [-0.2, 0) is 39.4 Å². The average molecular weight is 320 g/mol. The van der Waals surface area contributed by atoms with Gasteiger partial charge in [-0.1, -0.05) is 13.8 Å². The van der Waals surface area contributed by atoms with Crippen LogP contribution in [0.2, 0.25) is 0 Å². The van der Waals surface area contributed by atoms with Gasteiger partial charge in [0, 0.05) is 11.5 Å². The van der Waals surface area contributed by atoms with E-state index in [1.807, 2.05) is 0 Å². The molecule has 2 unspecified atom stereocenters. The minimum absolute atomic E-state index is 0.0905. The maximum absolute atomic E-state index is 11.5. The zero-order valence-electron chi connectivity index (χ0n) is 10.1. The van der Waals surface area contributed by atoms with Crippen molar-refractivity contribution < 1.29 is 29.4 Å². The van der Waals surface area contributed by atoms with E-state index >= 15 is 0 Å². The number of hydrogen-bond acceptors (Lipinski definition) is 7. The molecule has 0 N–H and O–H groups in total. The molecule has 0 radical (unpaired) electrons. The van der Waals surface area contributed by atoms with Crippen molar-refractivity contribution in [1.29, 1.82) is 0 Å². The quantitative estimate of drug-likeness (QED) is 0.632. The Balaban J connectivity index is 2.80. The van der Waals surface area contributed by atoms with Gasteiger partial charge in [0.05, 0.1) is 11.5 Å². The smallest absolute Gasteiger partial charge is 0.261 e. The van der Waals surface area contributed by atoms with E-state index < -0.39 is 43.2 Å². The molecule has 0 amide bonds. The molecule has 0 aromatic carbocycles. The Morgan fingerprint density at radius 1 is 0.889 bits per heavy atom. The van der Waals surface area contributed by atoms with Crippen LogP contribution in [0, 0.1) is 0 Å². The van der Waals surface area contributed by atoms with Gasteiger partial charge in [0.2, 0.25) is 0 Å². The van der Waals surface area contributed by atoms with Gasteiger partial charge in [-0.3, -0.25) is 8.37 Å². The van der Waals surface area contributed by atoms with Gasteiger partial charge < -0.3 is 0 Å². The van der Waals surface area contributed by atoms with Gasteiger partial charge in [-0.2, -0.15) is 4.21 Å². The Hall–Kier alpha value is -0.0300. The van der Waals surface area contributed by atoms with E-state index in [1.165, 1.54) is 13.8 Å². The maximum Gasteiger partial charge on any atom is 0.305 e. The standard InChI is InChI=1S/C8H16O7S3/c1-3-17(10,11)5-7-8(15-16(9)14-7)6-18(12,13)4-2/h7-8H,3-6H2,1-2H3. The molecular formula is C8H16O7S3. The van der Waals surface area contributed by atoms with Gasteiger partial charge in [0.15, 0.2) is 19.7 Å². The number of rotatable bonds is 6. The van der Waals surface area contributed by atoms with Gasteiger partial charge in [0.25, 0.3) is 0 Å². The zero-order chi connectivity index (χ0) is 14.0. The molecule has 0 saturated carbocycles. The molecule has 0 spiro atoms. The van der Waals surface area contributed by atoms with Crippen LogP contribution in [-0.4, -0.2) is 56.3 Å². The lowest BCUT2D eigenvalue weighted by Gasteiger charge is -2.14. The second kappa shape index (κ2) is 5.95. The van der Waals surface area contributed by atoms with Crippen molar-refractivity contribution in [2.75, 3.05) is 23.0 Å². The van der Waals surface area contributed by atoms with Gasteiger partial charge in [-0.05, 0) is 0 Å². The van der Waals surface area contributed by atoms with Crippen molar-refractivity contribution in [3.05, 3.63) is 0 Å². The highest BCUT2D eigenvalue weighted by Gasteiger charge is 2.40. The molecule has 18 heavy (non-hydrogen) atoms. The molecule has 1 rings (SSSR count). The second-order valence-electron chi connectivity index (χ2n) is 3.87.